The minimum absolute atomic E-state index is 0.564. The molecule has 0 N–H and O–H groups in total. The first-order valence-electron chi connectivity index (χ1n) is 4.97. The Labute approximate surface area is 89.1 Å². The van der Waals surface area contributed by atoms with Gasteiger partial charge in [0.15, 0.2) is 0 Å². The number of aromatic nitrogens is 2. The molecule has 0 aromatic carbocycles. The number of anilines is 1. The predicted octanol–water partition coefficient (Wildman–Crippen LogP) is 2.43. The van der Waals surface area contributed by atoms with Gasteiger partial charge in [0.2, 0.25) is 0 Å². The minimum Gasteiger partial charge on any atom is -0.354 e. The molecule has 0 atom stereocenters. The summed E-state index contributed by atoms with van der Waals surface area (Å²) < 4.78 is 0. The molecule has 0 saturated heterocycles. The third-order valence-electron chi connectivity index (χ3n) is 2.60. The first kappa shape index (κ1) is 9.71. The van der Waals surface area contributed by atoms with Crippen molar-refractivity contribution in [3.05, 3.63) is 17.0 Å². The molecule has 1 aliphatic carbocycles. The SMILES string of the molecule is CCN(c1ncnc(Cl)c1C)C1CC1. The highest BCUT2D eigenvalue weighted by molar-refractivity contribution is 6.30. The fourth-order valence-electron chi connectivity index (χ4n) is 1.68. The van der Waals surface area contributed by atoms with E-state index in [0.717, 1.165) is 17.9 Å². The molecule has 14 heavy (non-hydrogen) atoms. The van der Waals surface area contributed by atoms with Crippen LogP contribution in [0.3, 0.4) is 0 Å². The van der Waals surface area contributed by atoms with Gasteiger partial charge in [-0.3, -0.25) is 0 Å². The summed E-state index contributed by atoms with van der Waals surface area (Å²) in [7, 11) is 0. The van der Waals surface area contributed by atoms with Crippen LogP contribution < -0.4 is 4.90 Å². The van der Waals surface area contributed by atoms with E-state index in [9.17, 15) is 0 Å². The number of hydrogen-bond donors (Lipinski definition) is 0. The van der Waals surface area contributed by atoms with E-state index in [-0.39, 0.29) is 0 Å². The van der Waals surface area contributed by atoms with Crippen LogP contribution in [0.4, 0.5) is 5.82 Å². The number of hydrogen-bond acceptors (Lipinski definition) is 3. The Hall–Kier alpha value is -0.830. The maximum absolute atomic E-state index is 5.96. The molecular weight excluding hydrogens is 198 g/mol. The van der Waals surface area contributed by atoms with Gasteiger partial charge in [0.25, 0.3) is 0 Å². The molecule has 4 heteroatoms. The van der Waals surface area contributed by atoms with Gasteiger partial charge >= 0.3 is 0 Å². The van der Waals surface area contributed by atoms with E-state index < -0.39 is 0 Å². The van der Waals surface area contributed by atoms with Crippen molar-refractivity contribution in [1.82, 2.24) is 9.97 Å². The first-order valence-corrected chi connectivity index (χ1v) is 5.35. The van der Waals surface area contributed by atoms with Crippen LogP contribution in [0.5, 0.6) is 0 Å². The molecular formula is C10H14ClN3. The second-order valence-electron chi connectivity index (χ2n) is 3.63. The summed E-state index contributed by atoms with van der Waals surface area (Å²) in [5, 5.41) is 0.564. The lowest BCUT2D eigenvalue weighted by Crippen LogP contribution is -2.27. The van der Waals surface area contributed by atoms with E-state index in [1.54, 1.807) is 0 Å². The molecule has 0 amide bonds. The van der Waals surface area contributed by atoms with Gasteiger partial charge in [-0.15, -0.1) is 0 Å². The van der Waals surface area contributed by atoms with Crippen molar-refractivity contribution >= 4 is 17.4 Å². The highest BCUT2D eigenvalue weighted by Crippen LogP contribution is 2.32. The summed E-state index contributed by atoms with van der Waals surface area (Å²) in [5.74, 6) is 0.995. The molecule has 1 aromatic heterocycles. The first-order chi connectivity index (χ1) is 6.74. The Morgan fingerprint density at radius 3 is 2.79 bits per heavy atom. The topological polar surface area (TPSA) is 29.0 Å². The predicted molar refractivity (Wildman–Crippen MR) is 57.8 cm³/mol. The number of nitrogens with zero attached hydrogens (tertiary/aromatic N) is 3. The van der Waals surface area contributed by atoms with Gasteiger partial charge in [0.05, 0.1) is 0 Å². The van der Waals surface area contributed by atoms with Crippen LogP contribution >= 0.6 is 11.6 Å². The molecule has 76 valence electrons. The molecule has 0 spiro atoms. The Balaban J connectivity index is 2.33. The zero-order valence-corrected chi connectivity index (χ0v) is 9.25. The third kappa shape index (κ3) is 1.69. The molecule has 2 rings (SSSR count). The van der Waals surface area contributed by atoms with Crippen molar-refractivity contribution in [3.8, 4) is 0 Å². The molecule has 1 saturated carbocycles. The molecule has 0 aliphatic heterocycles. The van der Waals surface area contributed by atoms with Gasteiger partial charge in [0.1, 0.15) is 17.3 Å². The van der Waals surface area contributed by atoms with Gasteiger partial charge in [-0.2, -0.15) is 0 Å². The van der Waals surface area contributed by atoms with Crippen LogP contribution in [0, 0.1) is 6.92 Å². The van der Waals surface area contributed by atoms with Crippen molar-refractivity contribution in [2.75, 3.05) is 11.4 Å². The van der Waals surface area contributed by atoms with Gasteiger partial charge in [-0.1, -0.05) is 11.6 Å². The lowest BCUT2D eigenvalue weighted by atomic mass is 10.3. The standard InChI is InChI=1S/C10H14ClN3/c1-3-14(8-4-5-8)10-7(2)9(11)12-6-13-10/h6,8H,3-5H2,1-2H3. The summed E-state index contributed by atoms with van der Waals surface area (Å²) in [4.78, 5) is 10.6. The zero-order chi connectivity index (χ0) is 10.1. The highest BCUT2D eigenvalue weighted by atomic mass is 35.5. The van der Waals surface area contributed by atoms with Crippen molar-refractivity contribution in [2.24, 2.45) is 0 Å². The van der Waals surface area contributed by atoms with Crippen molar-refractivity contribution in [1.29, 1.82) is 0 Å². The van der Waals surface area contributed by atoms with E-state index in [4.69, 9.17) is 11.6 Å². The lowest BCUT2D eigenvalue weighted by molar-refractivity contribution is 0.799. The Bertz CT molecular complexity index is 336. The molecule has 1 fully saturated rings. The molecule has 3 nitrogen and oxygen atoms in total. The quantitative estimate of drug-likeness (QED) is 0.720. The monoisotopic (exact) mass is 211 g/mol. The van der Waals surface area contributed by atoms with Crippen LogP contribution in [0.25, 0.3) is 0 Å². The third-order valence-corrected chi connectivity index (χ3v) is 2.98. The Kier molecular flexibility index (Phi) is 2.59. The molecule has 0 radical (unpaired) electrons. The van der Waals surface area contributed by atoms with Crippen LogP contribution in [0.2, 0.25) is 5.15 Å². The van der Waals surface area contributed by atoms with Crippen LogP contribution in [0.15, 0.2) is 6.33 Å². The van der Waals surface area contributed by atoms with Crippen LogP contribution in [-0.4, -0.2) is 22.6 Å². The van der Waals surface area contributed by atoms with E-state index in [1.165, 1.54) is 19.2 Å². The van der Waals surface area contributed by atoms with Gasteiger partial charge in [0, 0.05) is 18.2 Å². The van der Waals surface area contributed by atoms with Crippen LogP contribution in [0.1, 0.15) is 25.3 Å². The van der Waals surface area contributed by atoms with Crippen molar-refractivity contribution in [2.45, 2.75) is 32.7 Å². The summed E-state index contributed by atoms with van der Waals surface area (Å²) in [6, 6.07) is 0.671. The Morgan fingerprint density at radius 2 is 2.21 bits per heavy atom. The fraction of sp³-hybridized carbons (Fsp3) is 0.600. The van der Waals surface area contributed by atoms with Gasteiger partial charge in [-0.25, -0.2) is 9.97 Å². The molecule has 1 aliphatic rings. The molecule has 1 heterocycles. The summed E-state index contributed by atoms with van der Waals surface area (Å²) in [5.41, 5.74) is 0.989. The fourth-order valence-corrected chi connectivity index (χ4v) is 1.80. The largest absolute Gasteiger partial charge is 0.354 e. The Morgan fingerprint density at radius 1 is 1.50 bits per heavy atom. The van der Waals surface area contributed by atoms with E-state index >= 15 is 0 Å². The van der Waals surface area contributed by atoms with Crippen molar-refractivity contribution in [3.63, 3.8) is 0 Å². The second-order valence-corrected chi connectivity index (χ2v) is 3.99. The smallest absolute Gasteiger partial charge is 0.137 e. The highest BCUT2D eigenvalue weighted by Gasteiger charge is 2.30. The normalized spacial score (nSPS) is 15.6. The van der Waals surface area contributed by atoms with Crippen LogP contribution in [-0.2, 0) is 0 Å². The average molecular weight is 212 g/mol. The molecule has 0 unspecified atom stereocenters. The van der Waals surface area contributed by atoms with Crippen molar-refractivity contribution < 1.29 is 0 Å². The van der Waals surface area contributed by atoms with Gasteiger partial charge < -0.3 is 4.90 Å². The number of halogens is 1. The maximum atomic E-state index is 5.96. The van der Waals surface area contributed by atoms with E-state index in [0.29, 0.717) is 11.2 Å². The lowest BCUT2D eigenvalue weighted by Gasteiger charge is -2.23. The summed E-state index contributed by atoms with van der Waals surface area (Å²) in [6.45, 7) is 5.11. The minimum atomic E-state index is 0.564. The van der Waals surface area contributed by atoms with E-state index in [2.05, 4.69) is 21.8 Å². The zero-order valence-electron chi connectivity index (χ0n) is 8.50. The second kappa shape index (κ2) is 3.73. The summed E-state index contributed by atoms with van der Waals surface area (Å²) in [6.07, 6.45) is 4.08. The van der Waals surface area contributed by atoms with Gasteiger partial charge in [-0.05, 0) is 26.7 Å². The average Bonchev–Trinajstić information content (AvgIpc) is 2.97. The summed E-state index contributed by atoms with van der Waals surface area (Å²) >= 11 is 5.96. The number of rotatable bonds is 3. The maximum Gasteiger partial charge on any atom is 0.137 e. The van der Waals surface area contributed by atoms with E-state index in [1.807, 2.05) is 6.92 Å². The molecule has 0 bridgehead atoms. The molecule has 1 aromatic rings.